The number of carbonyl (C=O) groups excluding carboxylic acids is 2. The monoisotopic (exact) mass is 474 g/mol. The molecular formula is C25H19ClN4O4. The maximum absolute atomic E-state index is 12.9. The first-order valence-corrected chi connectivity index (χ1v) is 10.8. The van der Waals surface area contributed by atoms with Gasteiger partial charge in [-0.05, 0) is 48.0 Å². The smallest absolute Gasteiger partial charge is 0.258 e. The zero-order valence-electron chi connectivity index (χ0n) is 17.8. The van der Waals surface area contributed by atoms with Crippen LogP contribution in [0.2, 0.25) is 5.02 Å². The largest absolute Gasteiger partial charge is 0.454 e. The Labute approximate surface area is 200 Å². The summed E-state index contributed by atoms with van der Waals surface area (Å²) in [6.45, 7) is 0.486. The van der Waals surface area contributed by atoms with Crippen molar-refractivity contribution < 1.29 is 19.1 Å². The second-order valence-electron chi connectivity index (χ2n) is 7.52. The lowest BCUT2D eigenvalue weighted by Gasteiger charge is -2.11. The number of fused-ring (bicyclic) bond motifs is 1. The third kappa shape index (κ3) is 4.57. The van der Waals surface area contributed by atoms with E-state index in [0.29, 0.717) is 39.9 Å². The molecule has 2 N–H and O–H groups in total. The Bertz CT molecular complexity index is 1380. The van der Waals surface area contributed by atoms with E-state index < -0.39 is 0 Å². The minimum absolute atomic E-state index is 0.191. The van der Waals surface area contributed by atoms with Gasteiger partial charge in [-0.2, -0.15) is 5.10 Å². The van der Waals surface area contributed by atoms with Gasteiger partial charge in [-0.15, -0.1) is 0 Å². The predicted molar refractivity (Wildman–Crippen MR) is 127 cm³/mol. The molecule has 4 aromatic rings. The molecular weight excluding hydrogens is 456 g/mol. The van der Waals surface area contributed by atoms with E-state index in [1.165, 1.54) is 6.20 Å². The normalized spacial score (nSPS) is 11.8. The highest BCUT2D eigenvalue weighted by Gasteiger charge is 2.17. The Hall–Kier alpha value is -4.30. The first kappa shape index (κ1) is 21.5. The average molecular weight is 475 g/mol. The summed E-state index contributed by atoms with van der Waals surface area (Å²) in [4.78, 5) is 25.7. The lowest BCUT2D eigenvalue weighted by atomic mass is 10.1. The third-order valence-electron chi connectivity index (χ3n) is 5.23. The molecule has 3 aromatic carbocycles. The average Bonchev–Trinajstić information content (AvgIpc) is 3.52. The molecule has 9 heteroatoms. The molecule has 1 aliphatic heterocycles. The lowest BCUT2D eigenvalue weighted by Crippen LogP contribution is -2.24. The molecule has 0 aliphatic carbocycles. The number of hydrogen-bond acceptors (Lipinski definition) is 5. The summed E-state index contributed by atoms with van der Waals surface area (Å²) < 4.78 is 12.2. The molecule has 8 nitrogen and oxygen atoms in total. The van der Waals surface area contributed by atoms with Gasteiger partial charge >= 0.3 is 0 Å². The number of nitrogens with zero attached hydrogens (tertiary/aromatic N) is 2. The molecule has 5 rings (SSSR count). The minimum atomic E-state index is -0.385. The zero-order valence-corrected chi connectivity index (χ0v) is 18.6. The summed E-state index contributed by atoms with van der Waals surface area (Å²) in [7, 11) is 0. The minimum Gasteiger partial charge on any atom is -0.454 e. The van der Waals surface area contributed by atoms with Gasteiger partial charge in [0.25, 0.3) is 11.8 Å². The van der Waals surface area contributed by atoms with Crippen LogP contribution in [0.4, 0.5) is 5.69 Å². The molecule has 0 atom stereocenters. The van der Waals surface area contributed by atoms with Crippen LogP contribution in [0.5, 0.6) is 11.5 Å². The van der Waals surface area contributed by atoms with Crippen LogP contribution in [0.3, 0.4) is 0 Å². The molecule has 0 saturated carbocycles. The number of amides is 2. The van der Waals surface area contributed by atoms with Crippen LogP contribution in [0.1, 0.15) is 26.3 Å². The molecule has 2 amide bonds. The van der Waals surface area contributed by atoms with Gasteiger partial charge in [-0.1, -0.05) is 35.9 Å². The maximum atomic E-state index is 12.9. The van der Waals surface area contributed by atoms with Gasteiger partial charge in [0.2, 0.25) is 6.79 Å². The fraction of sp³-hybridized carbons (Fsp3) is 0.0800. The van der Waals surface area contributed by atoms with Crippen LogP contribution < -0.4 is 20.1 Å². The quantitative estimate of drug-likeness (QED) is 0.431. The van der Waals surface area contributed by atoms with Crippen LogP contribution in [-0.4, -0.2) is 28.4 Å². The number of carbonyl (C=O) groups is 2. The van der Waals surface area contributed by atoms with E-state index in [9.17, 15) is 9.59 Å². The number of para-hydroxylation sites is 1. The predicted octanol–water partition coefficient (Wildman–Crippen LogP) is 4.44. The summed E-state index contributed by atoms with van der Waals surface area (Å²) in [6, 6.07) is 19.5. The van der Waals surface area contributed by atoms with E-state index in [1.807, 2.05) is 24.3 Å². The van der Waals surface area contributed by atoms with Crippen molar-refractivity contribution in [1.82, 2.24) is 15.1 Å². The van der Waals surface area contributed by atoms with E-state index in [0.717, 1.165) is 11.3 Å². The van der Waals surface area contributed by atoms with E-state index >= 15 is 0 Å². The van der Waals surface area contributed by atoms with Gasteiger partial charge in [-0.25, -0.2) is 4.68 Å². The van der Waals surface area contributed by atoms with Crippen molar-refractivity contribution in [3.05, 3.63) is 101 Å². The van der Waals surface area contributed by atoms with E-state index in [-0.39, 0.29) is 18.6 Å². The Morgan fingerprint density at radius 3 is 2.71 bits per heavy atom. The van der Waals surface area contributed by atoms with E-state index in [2.05, 4.69) is 15.7 Å². The number of ether oxygens (including phenoxy) is 2. The number of anilines is 1. The van der Waals surface area contributed by atoms with Crippen molar-refractivity contribution in [2.24, 2.45) is 0 Å². The van der Waals surface area contributed by atoms with Crippen molar-refractivity contribution >= 4 is 29.1 Å². The topological polar surface area (TPSA) is 94.5 Å². The fourth-order valence-electron chi connectivity index (χ4n) is 3.51. The van der Waals surface area contributed by atoms with Gasteiger partial charge in [-0.3, -0.25) is 9.59 Å². The molecule has 0 bridgehead atoms. The second kappa shape index (κ2) is 9.29. The van der Waals surface area contributed by atoms with Gasteiger partial charge in [0.1, 0.15) is 0 Å². The van der Waals surface area contributed by atoms with E-state index in [4.69, 9.17) is 21.1 Å². The van der Waals surface area contributed by atoms with Crippen molar-refractivity contribution in [2.75, 3.05) is 12.1 Å². The van der Waals surface area contributed by atoms with Crippen LogP contribution >= 0.6 is 11.6 Å². The number of benzene rings is 3. The summed E-state index contributed by atoms with van der Waals surface area (Å²) in [6.07, 6.45) is 3.06. The molecule has 1 aromatic heterocycles. The fourth-order valence-corrected chi connectivity index (χ4v) is 3.70. The molecule has 2 heterocycles. The first-order valence-electron chi connectivity index (χ1n) is 10.4. The van der Waals surface area contributed by atoms with Crippen LogP contribution in [0, 0.1) is 0 Å². The molecule has 0 spiro atoms. The summed E-state index contributed by atoms with van der Waals surface area (Å²) in [5.41, 5.74) is 2.68. The van der Waals surface area contributed by atoms with Gasteiger partial charge < -0.3 is 20.1 Å². The number of hydrogen-bond donors (Lipinski definition) is 2. The van der Waals surface area contributed by atoms with Gasteiger partial charge in [0.05, 0.1) is 28.7 Å². The lowest BCUT2D eigenvalue weighted by molar-refractivity contribution is 0.0951. The molecule has 34 heavy (non-hydrogen) atoms. The SMILES string of the molecule is O=C(Nc1ccccc1C(=O)NCc1ccc2c(c1)OCO2)c1cnn(-c2cccc(Cl)c2)c1. The summed E-state index contributed by atoms with van der Waals surface area (Å²) in [5.74, 6) is 0.632. The first-order chi connectivity index (χ1) is 16.6. The molecule has 1 aliphatic rings. The van der Waals surface area contributed by atoms with Crippen LogP contribution in [0.15, 0.2) is 79.1 Å². The number of rotatable bonds is 6. The second-order valence-corrected chi connectivity index (χ2v) is 7.96. The number of halogens is 1. The van der Waals surface area contributed by atoms with Gasteiger partial charge in [0.15, 0.2) is 11.5 Å². The Morgan fingerprint density at radius 1 is 0.971 bits per heavy atom. The van der Waals surface area contributed by atoms with Crippen molar-refractivity contribution in [3.63, 3.8) is 0 Å². The highest BCUT2D eigenvalue weighted by molar-refractivity contribution is 6.30. The maximum Gasteiger partial charge on any atom is 0.258 e. The van der Waals surface area contributed by atoms with Crippen molar-refractivity contribution in [2.45, 2.75) is 6.54 Å². The number of aromatic nitrogens is 2. The summed E-state index contributed by atoms with van der Waals surface area (Å²) >= 11 is 6.04. The van der Waals surface area contributed by atoms with Gasteiger partial charge in [0, 0.05) is 17.8 Å². The van der Waals surface area contributed by atoms with E-state index in [1.54, 1.807) is 53.3 Å². The Kier molecular flexibility index (Phi) is 5.88. The molecule has 0 radical (unpaired) electrons. The third-order valence-corrected chi connectivity index (χ3v) is 5.46. The zero-order chi connectivity index (χ0) is 23.5. The standard InChI is InChI=1S/C25H19ClN4O4/c26-18-4-3-5-19(11-18)30-14-17(13-28-30)24(31)29-21-7-2-1-6-20(21)25(32)27-12-16-8-9-22-23(10-16)34-15-33-22/h1-11,13-14H,12,15H2,(H,27,32)(H,29,31). The Balaban J connectivity index is 1.27. The molecule has 0 saturated heterocycles. The van der Waals surface area contributed by atoms with Crippen LogP contribution in [0.25, 0.3) is 5.69 Å². The summed E-state index contributed by atoms with van der Waals surface area (Å²) in [5, 5.41) is 10.5. The highest BCUT2D eigenvalue weighted by atomic mass is 35.5. The highest BCUT2D eigenvalue weighted by Crippen LogP contribution is 2.32. The van der Waals surface area contributed by atoms with Crippen molar-refractivity contribution in [1.29, 1.82) is 0 Å². The Morgan fingerprint density at radius 2 is 1.82 bits per heavy atom. The van der Waals surface area contributed by atoms with Crippen molar-refractivity contribution in [3.8, 4) is 17.2 Å². The molecule has 0 fully saturated rings. The molecule has 0 unspecified atom stereocenters. The molecule has 170 valence electrons. The van der Waals surface area contributed by atoms with Crippen LogP contribution in [-0.2, 0) is 6.54 Å². The number of nitrogens with one attached hydrogen (secondary N) is 2.